The summed E-state index contributed by atoms with van der Waals surface area (Å²) >= 11 is 0. The molecule has 3 N–H and O–H groups in total. The number of hydrogen-bond donors (Lipinski definition) is 3. The van der Waals surface area contributed by atoms with Crippen LogP contribution in [0.25, 0.3) is 0 Å². The van der Waals surface area contributed by atoms with E-state index in [1.807, 2.05) is 67.5 Å². The lowest BCUT2D eigenvalue weighted by atomic mass is 9.39. The molecule has 2 aliphatic rings. The second-order valence-corrected chi connectivity index (χ2v) is 14.2. The predicted molar refractivity (Wildman–Crippen MR) is 176 cm³/mol. The summed E-state index contributed by atoms with van der Waals surface area (Å²) in [5.74, 6) is -3.48. The number of aromatic hydroxyl groups is 2. The molecule has 6 nitrogen and oxygen atoms in total. The number of aliphatic hydroxyl groups excluding tert-OH is 1. The second-order valence-electron chi connectivity index (χ2n) is 14.2. The lowest BCUT2D eigenvalue weighted by molar-refractivity contribution is -0.165. The maximum atomic E-state index is 15.1. The highest BCUT2D eigenvalue weighted by Gasteiger charge is 2.75. The van der Waals surface area contributed by atoms with Crippen LogP contribution < -0.4 is 0 Å². The van der Waals surface area contributed by atoms with Gasteiger partial charge in [-0.1, -0.05) is 54.9 Å². The first-order chi connectivity index (χ1) is 20.3. The van der Waals surface area contributed by atoms with E-state index in [0.29, 0.717) is 6.42 Å². The van der Waals surface area contributed by atoms with Crippen LogP contribution >= 0.6 is 0 Å². The highest BCUT2D eigenvalue weighted by molar-refractivity contribution is 6.36. The molecule has 0 aliphatic heterocycles. The van der Waals surface area contributed by atoms with Crippen molar-refractivity contribution in [2.75, 3.05) is 0 Å². The van der Waals surface area contributed by atoms with Crippen LogP contribution in [0.1, 0.15) is 104 Å². The van der Waals surface area contributed by atoms with Crippen LogP contribution in [0.15, 0.2) is 77.1 Å². The van der Waals surface area contributed by atoms with E-state index in [1.165, 1.54) is 12.1 Å². The number of Topliss-reactive ketones (excluding diaryl/α,β-unsaturated/α-hetero) is 3. The zero-order chi connectivity index (χ0) is 33.4. The van der Waals surface area contributed by atoms with Gasteiger partial charge >= 0.3 is 0 Å². The lowest BCUT2D eigenvalue weighted by Crippen LogP contribution is -2.69. The number of fused-ring (bicyclic) bond motifs is 2. The summed E-state index contributed by atoms with van der Waals surface area (Å²) in [6.45, 7) is 23.5. The fourth-order valence-electron chi connectivity index (χ4n) is 7.18. The van der Waals surface area contributed by atoms with Gasteiger partial charge in [-0.2, -0.15) is 0 Å². The molecule has 0 radical (unpaired) electrons. The van der Waals surface area contributed by atoms with Gasteiger partial charge in [0.1, 0.15) is 5.76 Å². The molecule has 0 saturated heterocycles. The number of carbonyl (C=O) groups is 3. The zero-order valence-electron chi connectivity index (χ0n) is 27.8. The van der Waals surface area contributed by atoms with Gasteiger partial charge in [-0.3, -0.25) is 14.4 Å². The Labute approximate surface area is 263 Å². The van der Waals surface area contributed by atoms with Crippen molar-refractivity contribution in [1.29, 1.82) is 0 Å². The van der Waals surface area contributed by atoms with Crippen LogP contribution in [-0.4, -0.2) is 32.7 Å². The second kappa shape index (κ2) is 12.7. The first kappa shape index (κ1) is 34.8. The van der Waals surface area contributed by atoms with E-state index in [-0.39, 0.29) is 48.0 Å². The minimum absolute atomic E-state index is 0.0432. The Kier molecular flexibility index (Phi) is 10.1. The molecule has 3 rings (SSSR count). The molecule has 4 atom stereocenters. The maximum Gasteiger partial charge on any atom is 0.184 e. The van der Waals surface area contributed by atoms with Gasteiger partial charge in [0, 0.05) is 11.1 Å². The van der Waals surface area contributed by atoms with E-state index in [1.54, 1.807) is 0 Å². The van der Waals surface area contributed by atoms with Gasteiger partial charge in [-0.25, -0.2) is 0 Å². The van der Waals surface area contributed by atoms with Crippen molar-refractivity contribution in [3.8, 4) is 11.5 Å². The van der Waals surface area contributed by atoms with E-state index in [9.17, 15) is 24.9 Å². The average molecular weight is 603 g/mol. The van der Waals surface area contributed by atoms with Crippen LogP contribution in [-0.2, 0) is 9.59 Å². The van der Waals surface area contributed by atoms with Gasteiger partial charge < -0.3 is 15.3 Å². The molecule has 1 aromatic carbocycles. The monoisotopic (exact) mass is 602 g/mol. The molecule has 0 unspecified atom stereocenters. The van der Waals surface area contributed by atoms with Crippen LogP contribution in [0.2, 0.25) is 0 Å². The summed E-state index contributed by atoms with van der Waals surface area (Å²) < 4.78 is 0. The van der Waals surface area contributed by atoms with Gasteiger partial charge in [0.05, 0.1) is 5.41 Å². The molecule has 6 heteroatoms. The molecule has 1 aromatic rings. The molecular weight excluding hydrogens is 552 g/mol. The van der Waals surface area contributed by atoms with Crippen LogP contribution in [0.3, 0.4) is 0 Å². The van der Waals surface area contributed by atoms with Crippen molar-refractivity contribution < 1.29 is 29.7 Å². The van der Waals surface area contributed by atoms with Gasteiger partial charge in [0.25, 0.3) is 0 Å². The summed E-state index contributed by atoms with van der Waals surface area (Å²) in [5, 5.41) is 32.4. The van der Waals surface area contributed by atoms with E-state index < -0.39 is 45.1 Å². The van der Waals surface area contributed by atoms with Crippen molar-refractivity contribution >= 4 is 17.3 Å². The first-order valence-electron chi connectivity index (χ1n) is 15.5. The molecule has 0 aromatic heterocycles. The summed E-state index contributed by atoms with van der Waals surface area (Å²) in [6.07, 6.45) is 6.38. The summed E-state index contributed by atoms with van der Waals surface area (Å²) in [4.78, 5) is 44.9. The molecule has 2 aliphatic carbocycles. The van der Waals surface area contributed by atoms with Crippen molar-refractivity contribution in [1.82, 2.24) is 0 Å². The highest BCUT2D eigenvalue weighted by Crippen LogP contribution is 2.66. The van der Waals surface area contributed by atoms with E-state index in [0.717, 1.165) is 41.2 Å². The third-order valence-electron chi connectivity index (χ3n) is 10.0. The van der Waals surface area contributed by atoms with Crippen molar-refractivity contribution in [2.24, 2.45) is 28.1 Å². The van der Waals surface area contributed by atoms with Gasteiger partial charge in [0.15, 0.2) is 34.3 Å². The fraction of sp³-hybridized carbons (Fsp3) is 0.500. The average Bonchev–Trinajstić information content (AvgIpc) is 2.92. The SMILES string of the molecule is C=C(C)CC[C@@H](C[C@H]1C[C@@]2(CC=C(C)C)C(=O)[C@@](C(=O)c3ccc(O)c(O)c3)(C(=O)C(CC=C(C)C)=C2O)C1(C)C)C(=C)C. The molecule has 0 spiro atoms. The molecule has 1 saturated carbocycles. The molecule has 238 valence electrons. The van der Waals surface area contributed by atoms with Crippen molar-refractivity contribution in [3.63, 3.8) is 0 Å². The van der Waals surface area contributed by atoms with Gasteiger partial charge in [-0.05, 0) is 116 Å². The zero-order valence-corrected chi connectivity index (χ0v) is 27.8. The summed E-state index contributed by atoms with van der Waals surface area (Å²) in [5.41, 5.74) is -0.895. The van der Waals surface area contributed by atoms with E-state index in [4.69, 9.17) is 0 Å². The number of benzene rings is 1. The Morgan fingerprint density at radius 2 is 1.59 bits per heavy atom. The van der Waals surface area contributed by atoms with Crippen LogP contribution in [0, 0.1) is 28.1 Å². The minimum Gasteiger partial charge on any atom is -0.511 e. The Bertz CT molecular complexity index is 1480. The van der Waals surface area contributed by atoms with Gasteiger partial charge in [0.2, 0.25) is 0 Å². The Morgan fingerprint density at radius 3 is 2.11 bits per heavy atom. The van der Waals surface area contributed by atoms with Gasteiger partial charge in [-0.15, -0.1) is 6.58 Å². The normalized spacial score (nSPS) is 24.9. The van der Waals surface area contributed by atoms with Crippen molar-refractivity contribution in [3.05, 3.63) is 82.7 Å². The quantitative estimate of drug-likeness (QED) is 0.0953. The molecule has 0 amide bonds. The Morgan fingerprint density at radius 1 is 0.977 bits per heavy atom. The van der Waals surface area contributed by atoms with E-state index >= 15 is 4.79 Å². The number of hydrogen-bond acceptors (Lipinski definition) is 6. The predicted octanol–water partition coefficient (Wildman–Crippen LogP) is 8.91. The number of ketones is 3. The van der Waals surface area contributed by atoms with Crippen molar-refractivity contribution in [2.45, 2.75) is 93.9 Å². The third-order valence-corrected chi connectivity index (χ3v) is 10.0. The summed E-state index contributed by atoms with van der Waals surface area (Å²) in [7, 11) is 0. The van der Waals surface area contributed by atoms with E-state index in [2.05, 4.69) is 13.2 Å². The third kappa shape index (κ3) is 5.88. The highest BCUT2D eigenvalue weighted by atomic mass is 16.3. The van der Waals surface area contributed by atoms with Crippen LogP contribution in [0.5, 0.6) is 11.5 Å². The number of phenolic OH excluding ortho intramolecular Hbond substituents is 2. The molecule has 2 bridgehead atoms. The fourth-order valence-corrected chi connectivity index (χ4v) is 7.18. The largest absolute Gasteiger partial charge is 0.511 e. The number of rotatable bonds is 12. The molecule has 44 heavy (non-hydrogen) atoms. The number of allylic oxidation sites excluding steroid dienone is 8. The number of aliphatic hydroxyl groups is 1. The Hall–Kier alpha value is -3.67. The smallest absolute Gasteiger partial charge is 0.184 e. The molecule has 0 heterocycles. The Balaban J connectivity index is 2.43. The molecular formula is C38H50O6. The lowest BCUT2D eigenvalue weighted by Gasteiger charge is -2.60. The number of phenols is 2. The van der Waals surface area contributed by atoms with Crippen LogP contribution in [0.4, 0.5) is 0 Å². The standard InChI is InChI=1S/C38H50O6/c1-22(2)11-13-26(25(7)8)19-28-21-37(18-17-24(5)6)33(42)29(15-12-23(3)4)34(43)38(35(37)44,36(28,9)10)32(41)27-14-16-30(39)31(40)20-27/h12,14,16-17,20,26,28,39-40,42H,1,7,11,13,15,18-19,21H2,2-6,8-10H3/t26-,28-,37+,38+/m0/s1. The summed E-state index contributed by atoms with van der Waals surface area (Å²) in [6, 6.07) is 3.64. The number of carbonyl (C=O) groups excluding carboxylic acids is 3. The first-order valence-corrected chi connectivity index (χ1v) is 15.5. The maximum absolute atomic E-state index is 15.1. The topological polar surface area (TPSA) is 112 Å². The molecule has 1 fully saturated rings. The minimum atomic E-state index is -2.17.